The SMILES string of the molecule is Cc1ccc(CNC(=O)c2ccc3c(c2)Cc2cc(-c4ccccc4F)ccc2C3)c(F)c1.N/C=N/O. The van der Waals surface area contributed by atoms with Crippen LogP contribution >= 0.6 is 0 Å². The van der Waals surface area contributed by atoms with Crippen molar-refractivity contribution in [3.05, 3.63) is 129 Å². The molecule has 0 spiro atoms. The summed E-state index contributed by atoms with van der Waals surface area (Å²) in [5, 5.41) is 12.5. The van der Waals surface area contributed by atoms with Crippen LogP contribution in [0.3, 0.4) is 0 Å². The second-order valence-electron chi connectivity index (χ2n) is 8.84. The average molecular weight is 500 g/mol. The number of amides is 1. The van der Waals surface area contributed by atoms with Crippen molar-refractivity contribution in [2.45, 2.75) is 26.3 Å². The van der Waals surface area contributed by atoms with E-state index in [4.69, 9.17) is 5.21 Å². The first-order valence-electron chi connectivity index (χ1n) is 11.8. The normalized spacial score (nSPS) is 11.8. The molecule has 5 nitrogen and oxygen atoms in total. The van der Waals surface area contributed by atoms with E-state index in [1.165, 1.54) is 23.3 Å². The minimum Gasteiger partial charge on any atom is -0.410 e. The quantitative estimate of drug-likeness (QED) is 0.128. The van der Waals surface area contributed by atoms with E-state index < -0.39 is 0 Å². The Balaban J connectivity index is 0.000000747. The van der Waals surface area contributed by atoms with Gasteiger partial charge in [0, 0.05) is 23.2 Å². The molecule has 4 N–H and O–H groups in total. The second kappa shape index (κ2) is 11.5. The van der Waals surface area contributed by atoms with Gasteiger partial charge in [0.2, 0.25) is 0 Å². The molecule has 1 aliphatic rings. The third-order valence-electron chi connectivity index (χ3n) is 6.34. The number of carbonyl (C=O) groups excluding carboxylic acids is 1. The van der Waals surface area contributed by atoms with Gasteiger partial charge in [-0.25, -0.2) is 8.78 Å². The van der Waals surface area contributed by atoms with Gasteiger partial charge in [0.05, 0.1) is 0 Å². The van der Waals surface area contributed by atoms with Gasteiger partial charge in [-0.15, -0.1) is 0 Å². The number of benzene rings is 4. The van der Waals surface area contributed by atoms with E-state index in [-0.39, 0.29) is 24.1 Å². The van der Waals surface area contributed by atoms with Gasteiger partial charge >= 0.3 is 0 Å². The van der Waals surface area contributed by atoms with Crippen molar-refractivity contribution in [3.8, 4) is 11.1 Å². The molecular formula is C30H27F2N3O2. The monoisotopic (exact) mass is 499 g/mol. The zero-order valence-electron chi connectivity index (χ0n) is 20.3. The Bertz CT molecular complexity index is 1460. The molecule has 0 heterocycles. The van der Waals surface area contributed by atoms with Gasteiger partial charge in [-0.05, 0) is 77.4 Å². The lowest BCUT2D eigenvalue weighted by Gasteiger charge is -2.21. The highest BCUT2D eigenvalue weighted by Gasteiger charge is 2.18. The molecule has 5 rings (SSSR count). The molecule has 0 saturated heterocycles. The molecule has 0 atom stereocenters. The van der Waals surface area contributed by atoms with Crippen molar-refractivity contribution in [2.75, 3.05) is 0 Å². The smallest absolute Gasteiger partial charge is 0.251 e. The van der Waals surface area contributed by atoms with Gasteiger partial charge in [-0.3, -0.25) is 4.79 Å². The first kappa shape index (κ1) is 25.6. The molecule has 0 unspecified atom stereocenters. The van der Waals surface area contributed by atoms with Gasteiger partial charge in [-0.2, -0.15) is 0 Å². The van der Waals surface area contributed by atoms with Crippen LogP contribution in [0.15, 0.2) is 84.0 Å². The Morgan fingerprint density at radius 2 is 1.59 bits per heavy atom. The fourth-order valence-electron chi connectivity index (χ4n) is 4.41. The summed E-state index contributed by atoms with van der Waals surface area (Å²) >= 11 is 0. The van der Waals surface area contributed by atoms with Crippen molar-refractivity contribution in [1.29, 1.82) is 0 Å². The molecule has 188 valence electrons. The number of nitrogens with two attached hydrogens (primary N) is 1. The molecular weight excluding hydrogens is 472 g/mol. The minimum atomic E-state index is -0.317. The molecule has 0 saturated carbocycles. The molecule has 0 aliphatic heterocycles. The van der Waals surface area contributed by atoms with Crippen LogP contribution in [0.5, 0.6) is 0 Å². The van der Waals surface area contributed by atoms with Crippen molar-refractivity contribution >= 4 is 12.2 Å². The molecule has 0 radical (unpaired) electrons. The summed E-state index contributed by atoms with van der Waals surface area (Å²) in [6.07, 6.45) is 2.26. The molecule has 0 fully saturated rings. The van der Waals surface area contributed by atoms with Gasteiger partial charge in [-0.1, -0.05) is 59.8 Å². The molecule has 37 heavy (non-hydrogen) atoms. The number of fused-ring (bicyclic) bond motifs is 2. The number of hydrogen-bond donors (Lipinski definition) is 3. The fourth-order valence-corrected chi connectivity index (χ4v) is 4.41. The van der Waals surface area contributed by atoms with Crippen LogP contribution in [0.1, 0.15) is 43.7 Å². The first-order chi connectivity index (χ1) is 17.9. The Kier molecular flexibility index (Phi) is 7.93. The largest absolute Gasteiger partial charge is 0.410 e. The number of aryl methyl sites for hydroxylation is 1. The summed E-state index contributed by atoms with van der Waals surface area (Å²) in [5.74, 6) is -0.788. The maximum absolute atomic E-state index is 14.3. The van der Waals surface area contributed by atoms with Gasteiger partial charge in [0.25, 0.3) is 5.91 Å². The van der Waals surface area contributed by atoms with Gasteiger partial charge in [0.1, 0.15) is 18.0 Å². The average Bonchev–Trinajstić information content (AvgIpc) is 2.91. The van der Waals surface area contributed by atoms with Crippen LogP contribution in [0, 0.1) is 18.6 Å². The minimum absolute atomic E-state index is 0.136. The summed E-state index contributed by atoms with van der Waals surface area (Å²) in [7, 11) is 0. The third-order valence-corrected chi connectivity index (χ3v) is 6.34. The van der Waals surface area contributed by atoms with Gasteiger partial charge < -0.3 is 16.3 Å². The Morgan fingerprint density at radius 1 is 0.919 bits per heavy atom. The highest BCUT2D eigenvalue weighted by molar-refractivity contribution is 5.94. The Morgan fingerprint density at radius 3 is 2.30 bits per heavy atom. The van der Waals surface area contributed by atoms with Crippen molar-refractivity contribution < 1.29 is 18.8 Å². The van der Waals surface area contributed by atoms with Crippen molar-refractivity contribution in [1.82, 2.24) is 5.32 Å². The van der Waals surface area contributed by atoms with E-state index in [1.54, 1.807) is 18.2 Å². The Labute approximate surface area is 214 Å². The van der Waals surface area contributed by atoms with Crippen LogP contribution < -0.4 is 11.1 Å². The number of oxime groups is 1. The predicted molar refractivity (Wildman–Crippen MR) is 141 cm³/mol. The molecule has 1 aliphatic carbocycles. The summed E-state index contributed by atoms with van der Waals surface area (Å²) in [6, 6.07) is 23.6. The summed E-state index contributed by atoms with van der Waals surface area (Å²) < 4.78 is 28.3. The van der Waals surface area contributed by atoms with E-state index in [0.717, 1.165) is 35.0 Å². The van der Waals surface area contributed by atoms with Crippen molar-refractivity contribution in [3.63, 3.8) is 0 Å². The molecule has 4 aromatic rings. The van der Waals surface area contributed by atoms with E-state index in [0.29, 0.717) is 23.1 Å². The maximum Gasteiger partial charge on any atom is 0.251 e. The van der Waals surface area contributed by atoms with Gasteiger partial charge in [0.15, 0.2) is 0 Å². The topological polar surface area (TPSA) is 87.7 Å². The summed E-state index contributed by atoms with van der Waals surface area (Å²) in [6.45, 7) is 1.97. The zero-order valence-corrected chi connectivity index (χ0v) is 20.3. The highest BCUT2D eigenvalue weighted by atomic mass is 19.1. The Hall–Kier alpha value is -4.52. The second-order valence-corrected chi connectivity index (χ2v) is 8.84. The lowest BCUT2D eigenvalue weighted by molar-refractivity contribution is 0.0950. The number of halogens is 2. The molecule has 0 aromatic heterocycles. The lowest BCUT2D eigenvalue weighted by Crippen LogP contribution is -2.24. The third kappa shape index (κ3) is 6.01. The van der Waals surface area contributed by atoms with Crippen LogP contribution in [-0.4, -0.2) is 17.5 Å². The van der Waals surface area contributed by atoms with Crippen LogP contribution in [0.25, 0.3) is 11.1 Å². The van der Waals surface area contributed by atoms with Crippen molar-refractivity contribution in [2.24, 2.45) is 10.9 Å². The standard InChI is InChI=1S/C29H23F2NO.CH4N2O/c1-18-6-7-23(28(31)12-18)17-32-29(33)22-11-9-20-13-19-8-10-21(14-24(19)16-25(20)15-22)26-4-2-3-5-27(26)30;2-1-3-4/h2-12,14-15H,13,16-17H2,1H3,(H,32,33);1,4H,(H2,2,3). The van der Waals surface area contributed by atoms with E-state index in [2.05, 4.69) is 22.3 Å². The zero-order chi connectivity index (χ0) is 26.4. The van der Waals surface area contributed by atoms with Crippen LogP contribution in [0.2, 0.25) is 0 Å². The molecule has 4 aromatic carbocycles. The summed E-state index contributed by atoms with van der Waals surface area (Å²) in [5.41, 5.74) is 12.4. The molecule has 7 heteroatoms. The fraction of sp³-hybridized carbons (Fsp3) is 0.133. The van der Waals surface area contributed by atoms with E-state index >= 15 is 0 Å². The van der Waals surface area contributed by atoms with Crippen LogP contribution in [-0.2, 0) is 19.4 Å². The maximum atomic E-state index is 14.3. The summed E-state index contributed by atoms with van der Waals surface area (Å²) in [4.78, 5) is 12.7. The lowest BCUT2D eigenvalue weighted by atomic mass is 9.83. The molecule has 0 bridgehead atoms. The number of hydrogen-bond acceptors (Lipinski definition) is 3. The van der Waals surface area contributed by atoms with E-state index in [9.17, 15) is 13.6 Å². The number of nitrogens with zero attached hydrogens (tertiary/aromatic N) is 1. The van der Waals surface area contributed by atoms with E-state index in [1.807, 2.05) is 49.4 Å². The number of nitrogens with one attached hydrogen (secondary N) is 1. The molecule has 1 amide bonds. The number of carbonyl (C=O) groups is 1. The predicted octanol–water partition coefficient (Wildman–Crippen LogP) is 5.73. The first-order valence-corrected chi connectivity index (χ1v) is 11.8. The number of rotatable bonds is 4. The highest BCUT2D eigenvalue weighted by Crippen LogP contribution is 2.32. The van der Waals surface area contributed by atoms with Crippen LogP contribution in [0.4, 0.5) is 8.78 Å².